The van der Waals surface area contributed by atoms with Gasteiger partial charge in [-0.1, -0.05) is 40.2 Å². The van der Waals surface area contributed by atoms with Crippen molar-refractivity contribution in [2.75, 3.05) is 7.11 Å². The Bertz CT molecular complexity index is 738. The van der Waals surface area contributed by atoms with Crippen molar-refractivity contribution in [3.8, 4) is 0 Å². The van der Waals surface area contributed by atoms with E-state index in [1.54, 1.807) is 18.2 Å². The highest BCUT2D eigenvalue weighted by molar-refractivity contribution is 9.10. The third-order valence-electron chi connectivity index (χ3n) is 3.93. The Labute approximate surface area is 150 Å². The molecule has 0 fully saturated rings. The second kappa shape index (κ2) is 8.11. The van der Waals surface area contributed by atoms with E-state index in [2.05, 4.69) is 21.2 Å². The maximum Gasteiger partial charge on any atom is 0.328 e. The van der Waals surface area contributed by atoms with Crippen LogP contribution in [0.15, 0.2) is 46.9 Å². The van der Waals surface area contributed by atoms with E-state index in [1.807, 2.05) is 38.1 Å². The van der Waals surface area contributed by atoms with Crippen molar-refractivity contribution < 1.29 is 14.3 Å². The van der Waals surface area contributed by atoms with Gasteiger partial charge in [-0.2, -0.15) is 0 Å². The number of carbonyl (C=O) groups excluding carboxylic acids is 2. The average molecular weight is 390 g/mol. The zero-order chi connectivity index (χ0) is 17.7. The standard InChI is InChI=1S/C19H20BrNO3/c1-12-6-4-7-13(2)16(12)11-17(19(23)24-3)21-18(22)14-8-5-9-15(20)10-14/h4-10,17H,11H2,1-3H3,(H,21,22)/t17-/m0/s1. The summed E-state index contributed by atoms with van der Waals surface area (Å²) in [5.74, 6) is -0.765. The summed E-state index contributed by atoms with van der Waals surface area (Å²) in [5, 5.41) is 2.78. The van der Waals surface area contributed by atoms with Gasteiger partial charge in [0.1, 0.15) is 6.04 Å². The van der Waals surface area contributed by atoms with E-state index in [4.69, 9.17) is 4.74 Å². The molecule has 5 heteroatoms. The fraction of sp³-hybridized carbons (Fsp3) is 0.263. The molecule has 0 aliphatic carbocycles. The molecule has 0 heterocycles. The number of rotatable bonds is 5. The van der Waals surface area contributed by atoms with Crippen molar-refractivity contribution in [1.82, 2.24) is 5.32 Å². The molecule has 0 saturated heterocycles. The number of benzene rings is 2. The van der Waals surface area contributed by atoms with E-state index < -0.39 is 12.0 Å². The van der Waals surface area contributed by atoms with Crippen molar-refractivity contribution in [3.63, 3.8) is 0 Å². The molecular weight excluding hydrogens is 370 g/mol. The van der Waals surface area contributed by atoms with Crippen LogP contribution in [0.5, 0.6) is 0 Å². The van der Waals surface area contributed by atoms with Crippen LogP contribution in [0.25, 0.3) is 0 Å². The van der Waals surface area contributed by atoms with Crippen LogP contribution in [-0.4, -0.2) is 25.0 Å². The number of methoxy groups -OCH3 is 1. The summed E-state index contributed by atoms with van der Waals surface area (Å²) in [7, 11) is 1.32. The van der Waals surface area contributed by atoms with Crippen molar-refractivity contribution in [1.29, 1.82) is 0 Å². The van der Waals surface area contributed by atoms with Crippen molar-refractivity contribution in [2.24, 2.45) is 0 Å². The van der Waals surface area contributed by atoms with Gasteiger partial charge >= 0.3 is 5.97 Å². The van der Waals surface area contributed by atoms with Gasteiger partial charge in [-0.3, -0.25) is 4.79 Å². The average Bonchev–Trinajstić information content (AvgIpc) is 2.56. The Morgan fingerprint density at radius 3 is 2.33 bits per heavy atom. The fourth-order valence-electron chi connectivity index (χ4n) is 2.58. The molecule has 4 nitrogen and oxygen atoms in total. The highest BCUT2D eigenvalue weighted by Gasteiger charge is 2.24. The number of ether oxygens (including phenoxy) is 1. The molecule has 2 aromatic carbocycles. The molecule has 2 rings (SSSR count). The quantitative estimate of drug-likeness (QED) is 0.795. The number of aryl methyl sites for hydroxylation is 2. The zero-order valence-corrected chi connectivity index (χ0v) is 15.5. The summed E-state index contributed by atoms with van der Waals surface area (Å²) in [6.07, 6.45) is 0.394. The first kappa shape index (κ1) is 18.2. The van der Waals surface area contributed by atoms with Gasteiger partial charge in [0.2, 0.25) is 0 Å². The van der Waals surface area contributed by atoms with E-state index in [-0.39, 0.29) is 5.91 Å². The summed E-state index contributed by atoms with van der Waals surface area (Å²) in [6.45, 7) is 3.99. The minimum absolute atomic E-state index is 0.307. The van der Waals surface area contributed by atoms with Crippen LogP contribution < -0.4 is 5.32 Å². The number of amides is 1. The second-order valence-corrected chi connectivity index (χ2v) is 6.55. The molecule has 0 saturated carbocycles. The van der Waals surface area contributed by atoms with E-state index in [0.29, 0.717) is 12.0 Å². The zero-order valence-electron chi connectivity index (χ0n) is 13.9. The molecule has 24 heavy (non-hydrogen) atoms. The topological polar surface area (TPSA) is 55.4 Å². The summed E-state index contributed by atoms with van der Waals surface area (Å²) < 4.78 is 5.67. The molecule has 2 aromatic rings. The van der Waals surface area contributed by atoms with Gasteiger partial charge in [0.05, 0.1) is 7.11 Å². The molecule has 0 unspecified atom stereocenters. The highest BCUT2D eigenvalue weighted by Crippen LogP contribution is 2.17. The minimum atomic E-state index is -0.735. The molecule has 1 atom stereocenters. The highest BCUT2D eigenvalue weighted by atomic mass is 79.9. The summed E-state index contributed by atoms with van der Waals surface area (Å²) in [4.78, 5) is 24.6. The maximum atomic E-state index is 12.4. The van der Waals surface area contributed by atoms with Crippen LogP contribution in [0.3, 0.4) is 0 Å². The Morgan fingerprint density at radius 2 is 1.75 bits per heavy atom. The lowest BCUT2D eigenvalue weighted by Crippen LogP contribution is -2.43. The number of carbonyl (C=O) groups is 2. The molecule has 1 amide bonds. The number of hydrogen-bond donors (Lipinski definition) is 1. The Hall–Kier alpha value is -2.14. The number of nitrogens with one attached hydrogen (secondary N) is 1. The van der Waals surface area contributed by atoms with Crippen LogP contribution in [0, 0.1) is 13.8 Å². The lowest BCUT2D eigenvalue weighted by Gasteiger charge is -2.19. The third kappa shape index (κ3) is 4.45. The minimum Gasteiger partial charge on any atom is -0.467 e. The van der Waals surface area contributed by atoms with E-state index >= 15 is 0 Å². The van der Waals surface area contributed by atoms with E-state index in [0.717, 1.165) is 21.2 Å². The van der Waals surface area contributed by atoms with Crippen LogP contribution in [-0.2, 0) is 16.0 Å². The first-order chi connectivity index (χ1) is 11.4. The molecule has 1 N–H and O–H groups in total. The van der Waals surface area contributed by atoms with Gasteiger partial charge in [0.15, 0.2) is 0 Å². The molecule has 0 aliphatic heterocycles. The Balaban J connectivity index is 2.23. The Morgan fingerprint density at radius 1 is 1.12 bits per heavy atom. The molecule has 0 radical (unpaired) electrons. The van der Waals surface area contributed by atoms with Crippen molar-refractivity contribution in [2.45, 2.75) is 26.3 Å². The number of esters is 1. The van der Waals surface area contributed by atoms with Gasteiger partial charge in [-0.15, -0.1) is 0 Å². The van der Waals surface area contributed by atoms with E-state index in [9.17, 15) is 9.59 Å². The molecule has 0 aliphatic rings. The third-order valence-corrected chi connectivity index (χ3v) is 4.42. The summed E-state index contributed by atoms with van der Waals surface area (Å²) in [6, 6.07) is 12.3. The van der Waals surface area contributed by atoms with Gasteiger partial charge in [-0.05, 0) is 48.7 Å². The first-order valence-corrected chi connectivity index (χ1v) is 8.41. The lowest BCUT2D eigenvalue weighted by molar-refractivity contribution is -0.142. The second-order valence-electron chi connectivity index (χ2n) is 5.63. The van der Waals surface area contributed by atoms with Gasteiger partial charge in [0, 0.05) is 16.5 Å². The molecular formula is C19H20BrNO3. The van der Waals surface area contributed by atoms with E-state index in [1.165, 1.54) is 7.11 Å². The SMILES string of the molecule is COC(=O)[C@H](Cc1c(C)cccc1C)NC(=O)c1cccc(Br)c1. The van der Waals surface area contributed by atoms with Gasteiger partial charge in [-0.25, -0.2) is 4.79 Å². The van der Waals surface area contributed by atoms with Gasteiger partial charge in [0.25, 0.3) is 5.91 Å². The van der Waals surface area contributed by atoms with Gasteiger partial charge < -0.3 is 10.1 Å². The monoisotopic (exact) mass is 389 g/mol. The Kier molecular flexibility index (Phi) is 6.15. The largest absolute Gasteiger partial charge is 0.467 e. The number of halogens is 1. The van der Waals surface area contributed by atoms with Crippen molar-refractivity contribution in [3.05, 3.63) is 69.2 Å². The first-order valence-electron chi connectivity index (χ1n) is 7.61. The molecule has 0 bridgehead atoms. The van der Waals surface area contributed by atoms with Crippen LogP contribution in [0.2, 0.25) is 0 Å². The molecule has 126 valence electrons. The predicted octanol–water partition coefficient (Wildman–Crippen LogP) is 3.58. The van der Waals surface area contributed by atoms with Crippen molar-refractivity contribution >= 4 is 27.8 Å². The van der Waals surface area contributed by atoms with Crippen LogP contribution in [0.1, 0.15) is 27.0 Å². The smallest absolute Gasteiger partial charge is 0.328 e. The number of hydrogen-bond acceptors (Lipinski definition) is 3. The fourth-order valence-corrected chi connectivity index (χ4v) is 2.98. The summed E-state index contributed by atoms with van der Waals surface area (Å²) in [5.41, 5.74) is 3.70. The normalized spacial score (nSPS) is 11.7. The molecule has 0 aromatic heterocycles. The molecule has 0 spiro atoms. The van der Waals surface area contributed by atoms with Crippen LogP contribution in [0.4, 0.5) is 0 Å². The van der Waals surface area contributed by atoms with Crippen LogP contribution >= 0.6 is 15.9 Å². The maximum absolute atomic E-state index is 12.4. The summed E-state index contributed by atoms with van der Waals surface area (Å²) >= 11 is 3.34. The lowest BCUT2D eigenvalue weighted by atomic mass is 9.96. The predicted molar refractivity (Wildman–Crippen MR) is 97.0 cm³/mol.